The summed E-state index contributed by atoms with van der Waals surface area (Å²) in [6, 6.07) is 13.7. The molecule has 0 spiro atoms. The Bertz CT molecular complexity index is 865. The van der Waals surface area contributed by atoms with Crippen LogP contribution in [0.4, 0.5) is 5.69 Å². The van der Waals surface area contributed by atoms with Crippen molar-refractivity contribution in [3.8, 4) is 11.5 Å². The van der Waals surface area contributed by atoms with E-state index in [9.17, 15) is 4.79 Å². The summed E-state index contributed by atoms with van der Waals surface area (Å²) < 4.78 is 5.85. The van der Waals surface area contributed by atoms with Crippen molar-refractivity contribution < 1.29 is 9.21 Å². The Labute approximate surface area is 141 Å². The molecule has 1 N–H and O–H groups in total. The fourth-order valence-electron chi connectivity index (χ4n) is 2.63. The number of oxazole rings is 1. The predicted octanol–water partition coefficient (Wildman–Crippen LogP) is 5.04. The standard InChI is InChI=1S/C20H22N2O2/c1-4-14-8-9-18-17(11-14)22-20(24-18)15-6-5-7-16(12-15)21-19(23)10-13(2)3/h5-9,11-13H,4,10H2,1-3H3,(H,21,23). The first-order valence-electron chi connectivity index (χ1n) is 8.35. The van der Waals surface area contributed by atoms with E-state index in [1.165, 1.54) is 5.56 Å². The summed E-state index contributed by atoms with van der Waals surface area (Å²) in [5.74, 6) is 0.920. The average molecular weight is 322 g/mol. The van der Waals surface area contributed by atoms with E-state index in [-0.39, 0.29) is 5.91 Å². The number of fused-ring (bicyclic) bond motifs is 1. The van der Waals surface area contributed by atoms with Crippen molar-refractivity contribution in [3.63, 3.8) is 0 Å². The van der Waals surface area contributed by atoms with Gasteiger partial charge in [-0.05, 0) is 48.2 Å². The molecule has 0 fully saturated rings. The van der Waals surface area contributed by atoms with Crippen LogP contribution in [0.25, 0.3) is 22.6 Å². The van der Waals surface area contributed by atoms with E-state index in [4.69, 9.17) is 4.42 Å². The van der Waals surface area contributed by atoms with Gasteiger partial charge in [0, 0.05) is 17.7 Å². The molecule has 0 bridgehead atoms. The largest absolute Gasteiger partial charge is 0.436 e. The van der Waals surface area contributed by atoms with E-state index in [2.05, 4.69) is 29.4 Å². The first-order chi connectivity index (χ1) is 11.5. The van der Waals surface area contributed by atoms with Gasteiger partial charge in [-0.3, -0.25) is 4.79 Å². The molecule has 0 atom stereocenters. The molecule has 4 nitrogen and oxygen atoms in total. The van der Waals surface area contributed by atoms with Gasteiger partial charge in [-0.15, -0.1) is 0 Å². The number of aryl methyl sites for hydroxylation is 1. The third kappa shape index (κ3) is 3.65. The third-order valence-electron chi connectivity index (χ3n) is 3.85. The molecule has 0 aliphatic heterocycles. The number of amides is 1. The first kappa shape index (κ1) is 16.2. The molecule has 4 heteroatoms. The number of rotatable bonds is 5. The number of anilines is 1. The summed E-state index contributed by atoms with van der Waals surface area (Å²) in [5, 5.41) is 2.93. The lowest BCUT2D eigenvalue weighted by Gasteiger charge is -2.07. The van der Waals surface area contributed by atoms with Crippen molar-refractivity contribution in [3.05, 3.63) is 48.0 Å². The van der Waals surface area contributed by atoms with Crippen LogP contribution in [0.15, 0.2) is 46.9 Å². The Kier molecular flexibility index (Phi) is 4.65. The van der Waals surface area contributed by atoms with Crippen molar-refractivity contribution in [1.82, 2.24) is 4.98 Å². The number of benzene rings is 2. The van der Waals surface area contributed by atoms with Crippen molar-refractivity contribution in [2.24, 2.45) is 5.92 Å². The van der Waals surface area contributed by atoms with E-state index >= 15 is 0 Å². The minimum atomic E-state index is 0.0207. The van der Waals surface area contributed by atoms with Gasteiger partial charge in [-0.2, -0.15) is 0 Å². The molecular formula is C20H22N2O2. The second kappa shape index (κ2) is 6.87. The molecule has 24 heavy (non-hydrogen) atoms. The van der Waals surface area contributed by atoms with Gasteiger partial charge in [0.2, 0.25) is 11.8 Å². The quantitative estimate of drug-likeness (QED) is 0.716. The average Bonchev–Trinajstić information content (AvgIpc) is 2.97. The summed E-state index contributed by atoms with van der Waals surface area (Å²) >= 11 is 0. The highest BCUT2D eigenvalue weighted by atomic mass is 16.3. The number of nitrogens with zero attached hydrogens (tertiary/aromatic N) is 1. The van der Waals surface area contributed by atoms with Gasteiger partial charge in [-0.1, -0.05) is 32.9 Å². The Balaban J connectivity index is 1.87. The predicted molar refractivity (Wildman–Crippen MR) is 96.9 cm³/mol. The van der Waals surface area contributed by atoms with Gasteiger partial charge < -0.3 is 9.73 Å². The van der Waals surface area contributed by atoms with Crippen molar-refractivity contribution >= 4 is 22.7 Å². The Morgan fingerprint density at radius 1 is 1.21 bits per heavy atom. The summed E-state index contributed by atoms with van der Waals surface area (Å²) in [6.07, 6.45) is 1.47. The van der Waals surface area contributed by atoms with Crippen LogP contribution in [0, 0.1) is 5.92 Å². The number of nitrogens with one attached hydrogen (secondary N) is 1. The van der Waals surface area contributed by atoms with Crippen LogP contribution >= 0.6 is 0 Å². The van der Waals surface area contributed by atoms with Crippen LogP contribution in [-0.4, -0.2) is 10.9 Å². The number of carbonyl (C=O) groups excluding carboxylic acids is 1. The van der Waals surface area contributed by atoms with Crippen molar-refractivity contribution in [2.45, 2.75) is 33.6 Å². The molecule has 2 aromatic carbocycles. The zero-order valence-corrected chi connectivity index (χ0v) is 14.3. The van der Waals surface area contributed by atoms with E-state index in [1.807, 2.05) is 44.2 Å². The van der Waals surface area contributed by atoms with Crippen molar-refractivity contribution in [1.29, 1.82) is 0 Å². The molecule has 3 rings (SSSR count). The number of carbonyl (C=O) groups is 1. The molecule has 0 saturated carbocycles. The molecule has 0 unspecified atom stereocenters. The van der Waals surface area contributed by atoms with Crippen molar-refractivity contribution in [2.75, 3.05) is 5.32 Å². The highest BCUT2D eigenvalue weighted by Crippen LogP contribution is 2.27. The fourth-order valence-corrected chi connectivity index (χ4v) is 2.63. The van der Waals surface area contributed by atoms with Crippen LogP contribution < -0.4 is 5.32 Å². The monoisotopic (exact) mass is 322 g/mol. The highest BCUT2D eigenvalue weighted by Gasteiger charge is 2.10. The van der Waals surface area contributed by atoms with E-state index in [0.717, 1.165) is 28.8 Å². The Hall–Kier alpha value is -2.62. The van der Waals surface area contributed by atoms with Gasteiger partial charge >= 0.3 is 0 Å². The lowest BCUT2D eigenvalue weighted by Crippen LogP contribution is -2.13. The molecule has 0 radical (unpaired) electrons. The molecule has 1 amide bonds. The smallest absolute Gasteiger partial charge is 0.227 e. The maximum atomic E-state index is 11.9. The molecule has 124 valence electrons. The number of hydrogen-bond acceptors (Lipinski definition) is 3. The topological polar surface area (TPSA) is 55.1 Å². The zero-order chi connectivity index (χ0) is 17.1. The van der Waals surface area contributed by atoms with Gasteiger partial charge in [0.05, 0.1) is 0 Å². The van der Waals surface area contributed by atoms with Gasteiger partial charge in [0.1, 0.15) is 5.52 Å². The second-order valence-corrected chi connectivity index (χ2v) is 6.40. The molecular weight excluding hydrogens is 300 g/mol. The maximum Gasteiger partial charge on any atom is 0.227 e. The Morgan fingerprint density at radius 3 is 2.79 bits per heavy atom. The third-order valence-corrected chi connectivity index (χ3v) is 3.85. The highest BCUT2D eigenvalue weighted by molar-refractivity contribution is 5.91. The Morgan fingerprint density at radius 2 is 2.04 bits per heavy atom. The minimum absolute atomic E-state index is 0.0207. The lowest BCUT2D eigenvalue weighted by atomic mass is 10.1. The lowest BCUT2D eigenvalue weighted by molar-refractivity contribution is -0.116. The molecule has 1 heterocycles. The molecule has 3 aromatic rings. The van der Waals surface area contributed by atoms with Gasteiger partial charge in [0.25, 0.3) is 0 Å². The molecule has 1 aromatic heterocycles. The van der Waals surface area contributed by atoms with Gasteiger partial charge in [-0.25, -0.2) is 4.98 Å². The normalized spacial score (nSPS) is 11.2. The second-order valence-electron chi connectivity index (χ2n) is 6.40. The summed E-state index contributed by atoms with van der Waals surface area (Å²) in [7, 11) is 0. The van der Waals surface area contributed by atoms with Crippen LogP contribution in [0.1, 0.15) is 32.8 Å². The summed E-state index contributed by atoms with van der Waals surface area (Å²) in [4.78, 5) is 16.5. The van der Waals surface area contributed by atoms with E-state index < -0.39 is 0 Å². The number of hydrogen-bond donors (Lipinski definition) is 1. The SMILES string of the molecule is CCc1ccc2oc(-c3cccc(NC(=O)CC(C)C)c3)nc2c1. The van der Waals surface area contributed by atoms with Crippen LogP contribution in [0.5, 0.6) is 0 Å². The molecule has 0 aliphatic rings. The van der Waals surface area contributed by atoms with Gasteiger partial charge in [0.15, 0.2) is 5.58 Å². The van der Waals surface area contributed by atoms with E-state index in [1.54, 1.807) is 0 Å². The molecule has 0 saturated heterocycles. The molecule has 0 aliphatic carbocycles. The van der Waals surface area contributed by atoms with Crippen LogP contribution in [0.3, 0.4) is 0 Å². The maximum absolute atomic E-state index is 11.9. The van der Waals surface area contributed by atoms with Crippen LogP contribution in [0.2, 0.25) is 0 Å². The number of aromatic nitrogens is 1. The fraction of sp³-hybridized carbons (Fsp3) is 0.300. The van der Waals surface area contributed by atoms with E-state index in [0.29, 0.717) is 18.2 Å². The summed E-state index contributed by atoms with van der Waals surface area (Å²) in [5.41, 5.74) is 4.48. The zero-order valence-electron chi connectivity index (χ0n) is 14.3. The first-order valence-corrected chi connectivity index (χ1v) is 8.35. The summed E-state index contributed by atoms with van der Waals surface area (Å²) in [6.45, 7) is 6.17. The minimum Gasteiger partial charge on any atom is -0.436 e. The van der Waals surface area contributed by atoms with Crippen LogP contribution in [-0.2, 0) is 11.2 Å².